The van der Waals surface area contributed by atoms with Crippen LogP contribution in [0.4, 0.5) is 5.69 Å². The predicted molar refractivity (Wildman–Crippen MR) is 84.9 cm³/mol. The van der Waals surface area contributed by atoms with Crippen molar-refractivity contribution in [2.75, 3.05) is 5.32 Å². The summed E-state index contributed by atoms with van der Waals surface area (Å²) in [5.41, 5.74) is 1.62. The van der Waals surface area contributed by atoms with Gasteiger partial charge in [-0.3, -0.25) is 9.59 Å². The highest BCUT2D eigenvalue weighted by molar-refractivity contribution is 9.10. The zero-order valence-corrected chi connectivity index (χ0v) is 13.1. The van der Waals surface area contributed by atoms with Gasteiger partial charge in [0.1, 0.15) is 0 Å². The Hall–Kier alpha value is -1.85. The fraction of sp³-hybridized carbons (Fsp3) is 0.0667. The summed E-state index contributed by atoms with van der Waals surface area (Å²) in [5, 5.41) is 11.8. The molecule has 0 radical (unpaired) electrons. The number of carboxylic acid groups (broad SMARTS) is 1. The predicted octanol–water partition coefficient (Wildman–Crippen LogP) is 3.98. The molecule has 2 aromatic rings. The van der Waals surface area contributed by atoms with Crippen molar-refractivity contribution >= 4 is 45.1 Å². The van der Waals surface area contributed by atoms with Gasteiger partial charge in [0, 0.05) is 10.2 Å². The van der Waals surface area contributed by atoms with Crippen molar-refractivity contribution in [2.45, 2.75) is 6.42 Å². The summed E-state index contributed by atoms with van der Waals surface area (Å²) in [6.07, 6.45) is -0.0488. The highest BCUT2D eigenvalue weighted by atomic mass is 79.9. The molecule has 2 aromatic carbocycles. The fourth-order valence-electron chi connectivity index (χ4n) is 1.75. The van der Waals surface area contributed by atoms with Crippen LogP contribution in [0.15, 0.2) is 46.9 Å². The van der Waals surface area contributed by atoms with Crippen molar-refractivity contribution in [3.63, 3.8) is 0 Å². The van der Waals surface area contributed by atoms with E-state index in [0.29, 0.717) is 21.8 Å². The zero-order valence-electron chi connectivity index (χ0n) is 10.8. The van der Waals surface area contributed by atoms with Crippen molar-refractivity contribution in [2.24, 2.45) is 0 Å². The summed E-state index contributed by atoms with van der Waals surface area (Å²) in [6, 6.07) is 11.6. The van der Waals surface area contributed by atoms with Crippen LogP contribution in [-0.2, 0) is 11.2 Å². The van der Waals surface area contributed by atoms with Crippen LogP contribution in [0, 0.1) is 0 Å². The van der Waals surface area contributed by atoms with Crippen LogP contribution >= 0.6 is 27.5 Å². The molecule has 6 heteroatoms. The van der Waals surface area contributed by atoms with Gasteiger partial charge < -0.3 is 10.4 Å². The first-order chi connectivity index (χ1) is 9.95. The SMILES string of the molecule is O=C(O)Cc1ccc(NC(=O)c2ccc(Br)cc2Cl)cc1. The lowest BCUT2D eigenvalue weighted by molar-refractivity contribution is -0.136. The number of carboxylic acids is 1. The van der Waals surface area contributed by atoms with Crippen molar-refractivity contribution in [3.8, 4) is 0 Å². The Kier molecular flexibility index (Phi) is 4.98. The molecule has 0 aliphatic rings. The van der Waals surface area contributed by atoms with E-state index in [4.69, 9.17) is 16.7 Å². The molecule has 0 atom stereocenters. The van der Waals surface area contributed by atoms with Crippen LogP contribution in [0.5, 0.6) is 0 Å². The number of carbonyl (C=O) groups excluding carboxylic acids is 1. The second kappa shape index (κ2) is 6.74. The number of aliphatic carboxylic acids is 1. The Morgan fingerprint density at radius 1 is 1.14 bits per heavy atom. The number of carbonyl (C=O) groups is 2. The molecule has 0 aliphatic heterocycles. The van der Waals surface area contributed by atoms with E-state index < -0.39 is 5.97 Å². The Morgan fingerprint density at radius 2 is 1.81 bits per heavy atom. The molecular formula is C15H11BrClNO3. The van der Waals surface area contributed by atoms with Gasteiger partial charge in [0.25, 0.3) is 5.91 Å². The molecule has 4 nitrogen and oxygen atoms in total. The van der Waals surface area contributed by atoms with Gasteiger partial charge in [0.2, 0.25) is 0 Å². The quantitative estimate of drug-likeness (QED) is 0.858. The average Bonchev–Trinajstić information content (AvgIpc) is 2.40. The van der Waals surface area contributed by atoms with E-state index in [0.717, 1.165) is 4.47 Å². The first-order valence-corrected chi connectivity index (χ1v) is 7.20. The maximum atomic E-state index is 12.1. The van der Waals surface area contributed by atoms with E-state index in [-0.39, 0.29) is 12.3 Å². The summed E-state index contributed by atoms with van der Waals surface area (Å²) in [7, 11) is 0. The zero-order chi connectivity index (χ0) is 15.4. The van der Waals surface area contributed by atoms with Gasteiger partial charge in [-0.05, 0) is 35.9 Å². The normalized spacial score (nSPS) is 10.2. The molecule has 0 fully saturated rings. The maximum absolute atomic E-state index is 12.1. The number of halogens is 2. The highest BCUT2D eigenvalue weighted by Gasteiger charge is 2.11. The molecule has 0 saturated carbocycles. The minimum Gasteiger partial charge on any atom is -0.481 e. The number of nitrogens with one attached hydrogen (secondary N) is 1. The number of hydrogen-bond donors (Lipinski definition) is 2. The standard InChI is InChI=1S/C15H11BrClNO3/c16-10-3-6-12(13(17)8-10)15(21)18-11-4-1-9(2-5-11)7-14(19)20/h1-6,8H,7H2,(H,18,21)(H,19,20). The van der Waals surface area contributed by atoms with Gasteiger partial charge in [0.05, 0.1) is 17.0 Å². The fourth-order valence-corrected chi connectivity index (χ4v) is 2.51. The number of anilines is 1. The first kappa shape index (κ1) is 15.5. The van der Waals surface area contributed by atoms with Crippen LogP contribution < -0.4 is 5.32 Å². The van der Waals surface area contributed by atoms with E-state index in [1.54, 1.807) is 42.5 Å². The van der Waals surface area contributed by atoms with Gasteiger partial charge in [-0.25, -0.2) is 0 Å². The van der Waals surface area contributed by atoms with Gasteiger partial charge in [0.15, 0.2) is 0 Å². The van der Waals surface area contributed by atoms with Gasteiger partial charge >= 0.3 is 5.97 Å². The molecule has 2 rings (SSSR count). The Labute approximate surface area is 134 Å². The van der Waals surface area contributed by atoms with E-state index >= 15 is 0 Å². The molecule has 0 heterocycles. The number of rotatable bonds is 4. The third-order valence-corrected chi connectivity index (χ3v) is 3.55. The highest BCUT2D eigenvalue weighted by Crippen LogP contribution is 2.22. The third-order valence-electron chi connectivity index (χ3n) is 2.74. The van der Waals surface area contributed by atoms with Crippen LogP contribution in [0.1, 0.15) is 15.9 Å². The smallest absolute Gasteiger partial charge is 0.307 e. The molecule has 0 aromatic heterocycles. The summed E-state index contributed by atoms with van der Waals surface area (Å²) < 4.78 is 0.794. The minimum atomic E-state index is -0.895. The van der Waals surface area contributed by atoms with Crippen molar-refractivity contribution < 1.29 is 14.7 Å². The second-order valence-corrected chi connectivity index (χ2v) is 5.67. The van der Waals surface area contributed by atoms with Crippen LogP contribution in [0.2, 0.25) is 5.02 Å². The molecule has 108 valence electrons. The van der Waals surface area contributed by atoms with E-state index in [9.17, 15) is 9.59 Å². The van der Waals surface area contributed by atoms with E-state index in [1.165, 1.54) is 0 Å². The Balaban J connectivity index is 2.10. The first-order valence-electron chi connectivity index (χ1n) is 6.03. The van der Waals surface area contributed by atoms with Crippen molar-refractivity contribution in [1.82, 2.24) is 0 Å². The largest absolute Gasteiger partial charge is 0.481 e. The van der Waals surface area contributed by atoms with Crippen LogP contribution in [0.25, 0.3) is 0 Å². The Bertz CT molecular complexity index is 686. The molecule has 0 unspecified atom stereocenters. The lowest BCUT2D eigenvalue weighted by atomic mass is 10.1. The van der Waals surface area contributed by atoms with E-state index in [1.807, 2.05) is 0 Å². The number of hydrogen-bond acceptors (Lipinski definition) is 2. The van der Waals surface area contributed by atoms with Crippen LogP contribution in [0.3, 0.4) is 0 Å². The van der Waals surface area contributed by atoms with Crippen molar-refractivity contribution in [3.05, 3.63) is 63.1 Å². The maximum Gasteiger partial charge on any atom is 0.307 e. The summed E-state index contributed by atoms with van der Waals surface area (Å²) in [4.78, 5) is 22.7. The molecule has 21 heavy (non-hydrogen) atoms. The third kappa shape index (κ3) is 4.31. The second-order valence-electron chi connectivity index (χ2n) is 4.35. The van der Waals surface area contributed by atoms with Gasteiger partial charge in [-0.2, -0.15) is 0 Å². The number of benzene rings is 2. The minimum absolute atomic E-state index is 0.0488. The lowest BCUT2D eigenvalue weighted by Crippen LogP contribution is -2.12. The molecule has 1 amide bonds. The Morgan fingerprint density at radius 3 is 2.38 bits per heavy atom. The average molecular weight is 369 g/mol. The van der Waals surface area contributed by atoms with Gasteiger partial charge in [-0.15, -0.1) is 0 Å². The molecule has 0 aliphatic carbocycles. The molecule has 0 spiro atoms. The lowest BCUT2D eigenvalue weighted by Gasteiger charge is -2.07. The molecule has 2 N–H and O–H groups in total. The van der Waals surface area contributed by atoms with Crippen LogP contribution in [-0.4, -0.2) is 17.0 Å². The summed E-state index contributed by atoms with van der Waals surface area (Å²) in [6.45, 7) is 0. The topological polar surface area (TPSA) is 66.4 Å². The summed E-state index contributed by atoms with van der Waals surface area (Å²) in [5.74, 6) is -1.22. The monoisotopic (exact) mass is 367 g/mol. The van der Waals surface area contributed by atoms with Gasteiger partial charge in [-0.1, -0.05) is 39.7 Å². The summed E-state index contributed by atoms with van der Waals surface area (Å²) >= 11 is 9.29. The number of amides is 1. The molecule has 0 saturated heterocycles. The molecule has 0 bridgehead atoms. The molecular weight excluding hydrogens is 358 g/mol. The van der Waals surface area contributed by atoms with Crippen molar-refractivity contribution in [1.29, 1.82) is 0 Å². The van der Waals surface area contributed by atoms with E-state index in [2.05, 4.69) is 21.2 Å².